The zero-order valence-corrected chi connectivity index (χ0v) is 11.5. The lowest BCUT2D eigenvalue weighted by atomic mass is 10.2. The maximum atomic E-state index is 11.9. The summed E-state index contributed by atoms with van der Waals surface area (Å²) in [7, 11) is 0. The number of benzene rings is 1. The van der Waals surface area contributed by atoms with Gasteiger partial charge in [0.2, 0.25) is 0 Å². The van der Waals surface area contributed by atoms with E-state index >= 15 is 0 Å². The molecule has 16 heavy (non-hydrogen) atoms. The van der Waals surface area contributed by atoms with Crippen molar-refractivity contribution < 1.29 is 4.79 Å². The van der Waals surface area contributed by atoms with Crippen LogP contribution in [0.4, 0.5) is 0 Å². The van der Waals surface area contributed by atoms with Crippen LogP contribution in [0.25, 0.3) is 0 Å². The smallest absolute Gasteiger partial charge is 0.251 e. The zero-order valence-electron chi connectivity index (χ0n) is 8.54. The second-order valence-corrected chi connectivity index (χ2v) is 5.31. The minimum absolute atomic E-state index is 0.0491. The van der Waals surface area contributed by atoms with Crippen molar-refractivity contribution in [1.82, 2.24) is 5.32 Å². The molecule has 0 radical (unpaired) electrons. The summed E-state index contributed by atoms with van der Waals surface area (Å²) in [6.45, 7) is 0. The van der Waals surface area contributed by atoms with Crippen molar-refractivity contribution in [3.63, 3.8) is 0 Å². The molecule has 0 aromatic heterocycles. The third kappa shape index (κ3) is 2.77. The van der Waals surface area contributed by atoms with E-state index in [0.717, 1.165) is 16.4 Å². The topological polar surface area (TPSA) is 29.1 Å². The first-order valence-electron chi connectivity index (χ1n) is 5.08. The Morgan fingerprint density at radius 1 is 1.38 bits per heavy atom. The van der Waals surface area contributed by atoms with E-state index < -0.39 is 0 Å². The van der Waals surface area contributed by atoms with Crippen LogP contribution >= 0.6 is 34.2 Å². The van der Waals surface area contributed by atoms with Gasteiger partial charge in [-0.3, -0.25) is 4.79 Å². The van der Waals surface area contributed by atoms with E-state index in [-0.39, 0.29) is 11.9 Å². The Morgan fingerprint density at radius 3 is 2.69 bits per heavy atom. The van der Waals surface area contributed by atoms with E-state index in [1.807, 2.05) is 6.07 Å². The molecule has 2 nitrogen and oxygen atoms in total. The lowest BCUT2D eigenvalue weighted by Crippen LogP contribution is -2.32. The third-order valence-corrected chi connectivity index (χ3v) is 4.10. The van der Waals surface area contributed by atoms with Gasteiger partial charge >= 0.3 is 0 Å². The van der Waals surface area contributed by atoms with Crippen LogP contribution in [0.1, 0.15) is 23.2 Å². The Bertz CT molecular complexity index is 437. The Kier molecular flexibility index (Phi) is 3.86. The summed E-state index contributed by atoms with van der Waals surface area (Å²) in [6, 6.07) is 5.60. The maximum absolute atomic E-state index is 11.9. The molecule has 2 rings (SSSR count). The van der Waals surface area contributed by atoms with Gasteiger partial charge in [0.05, 0.1) is 5.02 Å². The van der Waals surface area contributed by atoms with Gasteiger partial charge in [0.1, 0.15) is 0 Å². The molecule has 0 atom stereocenters. The molecule has 1 aliphatic carbocycles. The average Bonchev–Trinajstić information content (AvgIpc) is 2.74. The van der Waals surface area contributed by atoms with Gasteiger partial charge in [0, 0.05) is 15.2 Å². The van der Waals surface area contributed by atoms with Crippen LogP contribution in [0.5, 0.6) is 0 Å². The molecule has 1 N–H and O–H groups in total. The van der Waals surface area contributed by atoms with Crippen molar-refractivity contribution in [2.45, 2.75) is 18.9 Å². The average molecular weight is 348 g/mol. The van der Waals surface area contributed by atoms with Crippen LogP contribution in [0.3, 0.4) is 0 Å². The molecule has 0 aliphatic heterocycles. The van der Waals surface area contributed by atoms with Gasteiger partial charge in [-0.1, -0.05) is 23.8 Å². The molecule has 0 bridgehead atoms. The maximum Gasteiger partial charge on any atom is 0.251 e. The molecule has 0 spiro atoms. The van der Waals surface area contributed by atoms with Gasteiger partial charge in [0.15, 0.2) is 0 Å². The quantitative estimate of drug-likeness (QED) is 0.645. The minimum Gasteiger partial charge on any atom is -0.349 e. The van der Waals surface area contributed by atoms with Gasteiger partial charge in [-0.2, -0.15) is 0 Å². The predicted octanol–water partition coefficient (Wildman–Crippen LogP) is 3.39. The number of hydrogen-bond acceptors (Lipinski definition) is 1. The molecule has 0 heterocycles. The standard InChI is InChI=1S/C12H11ClINO/c13-10-7-8(5-6-11(10)14)12(16)15-9-3-1-2-4-9/h1-2,5-7,9H,3-4H2,(H,15,16). The van der Waals surface area contributed by atoms with Crippen molar-refractivity contribution in [3.05, 3.63) is 44.5 Å². The van der Waals surface area contributed by atoms with Gasteiger partial charge < -0.3 is 5.32 Å². The van der Waals surface area contributed by atoms with E-state index in [1.165, 1.54) is 0 Å². The largest absolute Gasteiger partial charge is 0.349 e. The molecule has 84 valence electrons. The van der Waals surface area contributed by atoms with Crippen LogP contribution in [-0.2, 0) is 0 Å². The lowest BCUT2D eigenvalue weighted by molar-refractivity contribution is 0.0939. The number of amides is 1. The lowest BCUT2D eigenvalue weighted by Gasteiger charge is -2.12. The first-order valence-corrected chi connectivity index (χ1v) is 6.53. The fourth-order valence-corrected chi connectivity index (χ4v) is 2.16. The van der Waals surface area contributed by atoms with E-state index in [1.54, 1.807) is 12.1 Å². The van der Waals surface area contributed by atoms with Crippen LogP contribution < -0.4 is 5.32 Å². The van der Waals surface area contributed by atoms with Crippen molar-refractivity contribution in [2.75, 3.05) is 0 Å². The SMILES string of the molecule is O=C(NC1CC=CC1)c1ccc(I)c(Cl)c1. The zero-order chi connectivity index (χ0) is 11.5. The number of hydrogen-bond donors (Lipinski definition) is 1. The summed E-state index contributed by atoms with van der Waals surface area (Å²) < 4.78 is 0.957. The number of nitrogens with one attached hydrogen (secondary N) is 1. The molecule has 1 aromatic carbocycles. The molecule has 0 saturated carbocycles. The number of halogens is 2. The molecule has 1 amide bonds. The van der Waals surface area contributed by atoms with Crippen LogP contribution in [0.15, 0.2) is 30.4 Å². The van der Waals surface area contributed by atoms with E-state index in [9.17, 15) is 4.79 Å². The third-order valence-electron chi connectivity index (χ3n) is 2.52. The second kappa shape index (κ2) is 5.19. The highest BCUT2D eigenvalue weighted by Gasteiger charge is 2.14. The highest BCUT2D eigenvalue weighted by molar-refractivity contribution is 14.1. The molecule has 0 unspecified atom stereocenters. The Balaban J connectivity index is 2.05. The summed E-state index contributed by atoms with van der Waals surface area (Å²) in [5.41, 5.74) is 0.623. The fourth-order valence-electron chi connectivity index (χ4n) is 1.64. The molecule has 4 heteroatoms. The highest BCUT2D eigenvalue weighted by atomic mass is 127. The molecule has 0 fully saturated rings. The summed E-state index contributed by atoms with van der Waals surface area (Å²) in [5, 5.41) is 3.60. The number of carbonyl (C=O) groups is 1. The van der Waals surface area contributed by atoms with Crippen molar-refractivity contribution in [3.8, 4) is 0 Å². The monoisotopic (exact) mass is 347 g/mol. The van der Waals surface area contributed by atoms with E-state index in [0.29, 0.717) is 10.6 Å². The highest BCUT2D eigenvalue weighted by Crippen LogP contribution is 2.20. The van der Waals surface area contributed by atoms with Crippen molar-refractivity contribution in [1.29, 1.82) is 0 Å². The second-order valence-electron chi connectivity index (χ2n) is 3.74. The molecular weight excluding hydrogens is 336 g/mol. The first-order chi connectivity index (χ1) is 7.66. The van der Waals surface area contributed by atoms with Crippen LogP contribution in [0.2, 0.25) is 5.02 Å². The van der Waals surface area contributed by atoms with Crippen molar-refractivity contribution >= 4 is 40.1 Å². The van der Waals surface area contributed by atoms with Crippen molar-refractivity contribution in [2.24, 2.45) is 0 Å². The Hall–Kier alpha value is -0.550. The summed E-state index contributed by atoms with van der Waals surface area (Å²) in [4.78, 5) is 11.9. The summed E-state index contributed by atoms with van der Waals surface area (Å²) in [6.07, 6.45) is 6.02. The van der Waals surface area contributed by atoms with Crippen LogP contribution in [-0.4, -0.2) is 11.9 Å². The number of carbonyl (C=O) groups excluding carboxylic acids is 1. The van der Waals surface area contributed by atoms with Gasteiger partial charge in [-0.25, -0.2) is 0 Å². The Morgan fingerprint density at radius 2 is 2.06 bits per heavy atom. The van der Waals surface area contributed by atoms with Crippen LogP contribution in [0, 0.1) is 3.57 Å². The van der Waals surface area contributed by atoms with Gasteiger partial charge in [-0.05, 0) is 53.6 Å². The summed E-state index contributed by atoms with van der Waals surface area (Å²) in [5.74, 6) is -0.0491. The van der Waals surface area contributed by atoms with E-state index in [2.05, 4.69) is 40.1 Å². The van der Waals surface area contributed by atoms with Gasteiger partial charge in [0.25, 0.3) is 5.91 Å². The predicted molar refractivity (Wildman–Crippen MR) is 73.8 cm³/mol. The van der Waals surface area contributed by atoms with Gasteiger partial charge in [-0.15, -0.1) is 0 Å². The molecule has 1 aromatic rings. The molecular formula is C12H11ClINO. The normalized spacial score (nSPS) is 15.4. The fraction of sp³-hybridized carbons (Fsp3) is 0.250. The first kappa shape index (κ1) is 11.9. The number of rotatable bonds is 2. The molecule has 0 saturated heterocycles. The molecule has 1 aliphatic rings. The Labute approximate surface area is 113 Å². The van der Waals surface area contributed by atoms with E-state index in [4.69, 9.17) is 11.6 Å². The summed E-state index contributed by atoms with van der Waals surface area (Å²) >= 11 is 8.12. The minimum atomic E-state index is -0.0491.